The summed E-state index contributed by atoms with van der Waals surface area (Å²) in [7, 11) is -3.99. The molecule has 2 fully saturated rings. The molecule has 31 heavy (non-hydrogen) atoms. The molecule has 166 valence electrons. The maximum Gasteiger partial charge on any atom is 0.224 e. The molecule has 1 amide bonds. The zero-order valence-corrected chi connectivity index (χ0v) is 18.4. The summed E-state index contributed by atoms with van der Waals surface area (Å²) >= 11 is 0. The van der Waals surface area contributed by atoms with E-state index in [4.69, 9.17) is 4.74 Å². The number of ether oxygens (including phenoxy) is 1. The van der Waals surface area contributed by atoms with Crippen LogP contribution in [0.5, 0.6) is 11.5 Å². The Kier molecular flexibility index (Phi) is 6.57. The topological polar surface area (TPSA) is 97.4 Å². The first-order valence-electron chi connectivity index (χ1n) is 11.0. The molecule has 1 aromatic heterocycles. The Morgan fingerprint density at radius 2 is 1.87 bits per heavy atom. The number of piperidine rings is 1. The van der Waals surface area contributed by atoms with Crippen LogP contribution in [0, 0.1) is 5.92 Å². The van der Waals surface area contributed by atoms with Gasteiger partial charge in [0.05, 0.1) is 0 Å². The minimum Gasteiger partial charge on any atom is -0.456 e. The summed E-state index contributed by atoms with van der Waals surface area (Å²) in [6.07, 6.45) is 8.58. The van der Waals surface area contributed by atoms with E-state index in [1.165, 1.54) is 12.4 Å². The van der Waals surface area contributed by atoms with Gasteiger partial charge >= 0.3 is 0 Å². The molecule has 1 saturated carbocycles. The van der Waals surface area contributed by atoms with Crippen molar-refractivity contribution < 1.29 is 17.9 Å². The summed E-state index contributed by atoms with van der Waals surface area (Å²) in [6.45, 7) is 0.879. The number of benzene rings is 1. The molecule has 1 aromatic carbocycles. The van der Waals surface area contributed by atoms with E-state index >= 15 is 0 Å². The lowest BCUT2D eigenvalue weighted by Gasteiger charge is -2.39. The third kappa shape index (κ3) is 4.60. The number of nitrogens with one attached hydrogen (secondary N) is 2. The van der Waals surface area contributed by atoms with Gasteiger partial charge in [-0.3, -0.25) is 9.78 Å². The second-order valence-corrected chi connectivity index (χ2v) is 10.6. The van der Waals surface area contributed by atoms with E-state index in [0.29, 0.717) is 18.6 Å². The predicted molar refractivity (Wildman–Crippen MR) is 117 cm³/mol. The lowest BCUT2D eigenvalue weighted by atomic mass is 9.88. The lowest BCUT2D eigenvalue weighted by molar-refractivity contribution is -0.127. The fourth-order valence-electron chi connectivity index (χ4n) is 4.45. The number of para-hydroxylation sites is 1. The van der Waals surface area contributed by atoms with Crippen molar-refractivity contribution in [3.05, 3.63) is 48.8 Å². The molecule has 2 aliphatic rings. The second kappa shape index (κ2) is 9.36. The lowest BCUT2D eigenvalue weighted by Crippen LogP contribution is -2.63. The van der Waals surface area contributed by atoms with Crippen LogP contribution in [0.1, 0.15) is 44.9 Å². The molecular weight excluding hydrogens is 414 g/mol. The summed E-state index contributed by atoms with van der Waals surface area (Å²) in [5, 5.41) is 6.13. The highest BCUT2D eigenvalue weighted by Crippen LogP contribution is 2.37. The van der Waals surface area contributed by atoms with Crippen molar-refractivity contribution in [1.82, 2.24) is 15.6 Å². The SMILES string of the molecule is O=C(N[C@]1(S(=O)(=O)c2cnccc2Oc2ccccc2)CCCNC1)C1CCCCC1. The fourth-order valence-corrected chi connectivity index (χ4v) is 6.39. The van der Waals surface area contributed by atoms with Gasteiger partial charge in [-0.2, -0.15) is 0 Å². The van der Waals surface area contributed by atoms with Gasteiger partial charge in [0.1, 0.15) is 16.4 Å². The molecule has 0 unspecified atom stereocenters. The molecule has 2 heterocycles. The quantitative estimate of drug-likeness (QED) is 0.710. The number of hydrogen-bond donors (Lipinski definition) is 2. The number of amides is 1. The number of aromatic nitrogens is 1. The van der Waals surface area contributed by atoms with Crippen molar-refractivity contribution in [2.45, 2.75) is 54.7 Å². The smallest absolute Gasteiger partial charge is 0.224 e. The van der Waals surface area contributed by atoms with Gasteiger partial charge in [0.15, 0.2) is 4.87 Å². The number of hydrogen-bond acceptors (Lipinski definition) is 6. The summed E-state index contributed by atoms with van der Waals surface area (Å²) in [5.41, 5.74) is 0. The first-order chi connectivity index (χ1) is 15.0. The van der Waals surface area contributed by atoms with Crippen LogP contribution in [0.2, 0.25) is 0 Å². The van der Waals surface area contributed by atoms with E-state index in [1.54, 1.807) is 18.2 Å². The molecule has 2 aromatic rings. The molecular formula is C23H29N3O4S. The minimum absolute atomic E-state index is 0.00787. The van der Waals surface area contributed by atoms with Crippen LogP contribution in [0.25, 0.3) is 0 Å². The first-order valence-corrected chi connectivity index (χ1v) is 12.4. The number of rotatable bonds is 6. The molecule has 0 spiro atoms. The van der Waals surface area contributed by atoms with Gasteiger partial charge in [-0.1, -0.05) is 37.5 Å². The first kappa shape index (κ1) is 21.8. The van der Waals surface area contributed by atoms with Crippen LogP contribution in [0.4, 0.5) is 0 Å². The van der Waals surface area contributed by atoms with E-state index in [-0.39, 0.29) is 29.0 Å². The second-order valence-electron chi connectivity index (χ2n) is 8.34. The maximum absolute atomic E-state index is 14.0. The number of nitrogens with zero attached hydrogens (tertiary/aromatic N) is 1. The van der Waals surface area contributed by atoms with Gasteiger partial charge < -0.3 is 15.4 Å². The maximum atomic E-state index is 14.0. The van der Waals surface area contributed by atoms with Crippen molar-refractivity contribution in [2.24, 2.45) is 5.92 Å². The normalized spacial score (nSPS) is 22.6. The monoisotopic (exact) mass is 443 g/mol. The van der Waals surface area contributed by atoms with E-state index in [0.717, 1.165) is 38.6 Å². The fraction of sp³-hybridized carbons (Fsp3) is 0.478. The Balaban J connectivity index is 1.68. The van der Waals surface area contributed by atoms with Crippen molar-refractivity contribution in [1.29, 1.82) is 0 Å². The van der Waals surface area contributed by atoms with Crippen molar-refractivity contribution in [2.75, 3.05) is 13.1 Å². The molecule has 7 nitrogen and oxygen atoms in total. The Labute approximate surface area is 183 Å². The van der Waals surface area contributed by atoms with Gasteiger partial charge in [-0.15, -0.1) is 0 Å². The van der Waals surface area contributed by atoms with Gasteiger partial charge in [0.2, 0.25) is 15.7 Å². The molecule has 8 heteroatoms. The summed E-state index contributed by atoms with van der Waals surface area (Å²) in [6, 6.07) is 10.6. The largest absolute Gasteiger partial charge is 0.456 e. The third-order valence-electron chi connectivity index (χ3n) is 6.19. The van der Waals surface area contributed by atoms with Crippen molar-refractivity contribution in [3.63, 3.8) is 0 Å². The molecule has 4 rings (SSSR count). The number of carbonyl (C=O) groups is 1. The highest BCUT2D eigenvalue weighted by molar-refractivity contribution is 7.93. The van der Waals surface area contributed by atoms with E-state index < -0.39 is 14.7 Å². The summed E-state index contributed by atoms with van der Waals surface area (Å²) in [5.74, 6) is 0.448. The summed E-state index contributed by atoms with van der Waals surface area (Å²) in [4.78, 5) is 15.7. The van der Waals surface area contributed by atoms with Gasteiger partial charge in [-0.05, 0) is 44.4 Å². The predicted octanol–water partition coefficient (Wildman–Crippen LogP) is 3.42. The van der Waals surface area contributed by atoms with Crippen LogP contribution in [-0.2, 0) is 14.6 Å². The van der Waals surface area contributed by atoms with Gasteiger partial charge in [0, 0.05) is 30.9 Å². The van der Waals surface area contributed by atoms with Crippen molar-refractivity contribution in [3.8, 4) is 11.5 Å². The van der Waals surface area contributed by atoms with Crippen molar-refractivity contribution >= 4 is 15.7 Å². The molecule has 1 aliphatic carbocycles. The molecule has 1 saturated heterocycles. The zero-order chi connectivity index (χ0) is 21.7. The number of sulfone groups is 1. The Hall–Kier alpha value is -2.45. The van der Waals surface area contributed by atoms with Crippen LogP contribution >= 0.6 is 0 Å². The molecule has 0 bridgehead atoms. The van der Waals surface area contributed by atoms with E-state index in [2.05, 4.69) is 15.6 Å². The van der Waals surface area contributed by atoms with Crippen LogP contribution < -0.4 is 15.4 Å². The van der Waals surface area contributed by atoms with E-state index in [9.17, 15) is 13.2 Å². The Morgan fingerprint density at radius 3 is 2.58 bits per heavy atom. The molecule has 1 aliphatic heterocycles. The average Bonchev–Trinajstić information content (AvgIpc) is 2.81. The minimum atomic E-state index is -3.99. The molecule has 1 atom stereocenters. The van der Waals surface area contributed by atoms with Gasteiger partial charge in [-0.25, -0.2) is 8.42 Å². The standard InChI is InChI=1S/C23H29N3O4S/c27-22(18-8-3-1-4-9-18)26-23(13-7-14-25-17-23)31(28,29)21-16-24-15-12-20(21)30-19-10-5-2-6-11-19/h2,5-6,10-12,15-16,18,25H,1,3-4,7-9,13-14,17H2,(H,26,27)/t23-/m0/s1. The third-order valence-corrected chi connectivity index (χ3v) is 8.56. The van der Waals surface area contributed by atoms with Crippen LogP contribution in [-0.4, -0.2) is 37.3 Å². The summed E-state index contributed by atoms with van der Waals surface area (Å²) < 4.78 is 33.8. The van der Waals surface area contributed by atoms with E-state index in [1.807, 2.05) is 18.2 Å². The highest BCUT2D eigenvalue weighted by Gasteiger charge is 2.49. The Morgan fingerprint density at radius 1 is 1.10 bits per heavy atom. The zero-order valence-electron chi connectivity index (χ0n) is 17.5. The molecule has 2 N–H and O–H groups in total. The average molecular weight is 444 g/mol. The number of carbonyl (C=O) groups excluding carboxylic acids is 1. The Bertz CT molecular complexity index is 998. The highest BCUT2D eigenvalue weighted by atomic mass is 32.2. The van der Waals surface area contributed by atoms with Crippen LogP contribution in [0.15, 0.2) is 53.7 Å². The number of pyridine rings is 1. The molecule has 0 radical (unpaired) electrons. The van der Waals surface area contributed by atoms with Crippen LogP contribution in [0.3, 0.4) is 0 Å². The van der Waals surface area contributed by atoms with Gasteiger partial charge in [0.25, 0.3) is 0 Å².